The first kappa shape index (κ1) is 19.6. The number of ether oxygens (including phenoxy) is 2. The van der Waals surface area contributed by atoms with Crippen LogP contribution in [0, 0.1) is 10.6 Å². The maximum absolute atomic E-state index is 14.1. The molecule has 0 spiro atoms. The van der Waals surface area contributed by atoms with Gasteiger partial charge in [0.05, 0.1) is 18.4 Å². The molecule has 146 valence electrons. The van der Waals surface area contributed by atoms with Gasteiger partial charge in [0.1, 0.15) is 5.82 Å². The van der Waals surface area contributed by atoms with Crippen LogP contribution in [0.15, 0.2) is 47.6 Å². The summed E-state index contributed by atoms with van der Waals surface area (Å²) in [6.07, 6.45) is 1.26. The zero-order chi connectivity index (χ0) is 20.1. The maximum Gasteiger partial charge on any atom is 0.387 e. The van der Waals surface area contributed by atoms with Gasteiger partial charge in [0, 0.05) is 5.56 Å². The van der Waals surface area contributed by atoms with Crippen LogP contribution in [0.4, 0.5) is 13.2 Å². The third kappa shape index (κ3) is 4.22. The molecule has 0 bridgehead atoms. The number of H-pyrrole nitrogens is 1. The average molecular weight is 408 g/mol. The van der Waals surface area contributed by atoms with Crippen LogP contribution in [-0.4, -0.2) is 34.3 Å². The van der Waals surface area contributed by atoms with Gasteiger partial charge in [-0.1, -0.05) is 18.2 Å². The summed E-state index contributed by atoms with van der Waals surface area (Å²) >= 11 is 5.13. The number of alkyl halides is 2. The molecule has 0 aliphatic heterocycles. The standard InChI is InChI=1S/C18H15F3N4O2S/c1-2-26-14-9-5-6-11(15(14)27-17(20)21)10-22-25-16(23-24-18(25)28)12-7-3-4-8-13(12)19/h3-10,17H,2H2,1H3,(H,24,28)/b22-10-. The van der Waals surface area contributed by atoms with E-state index in [1.165, 1.54) is 35.2 Å². The normalized spacial score (nSPS) is 11.3. The van der Waals surface area contributed by atoms with Crippen molar-refractivity contribution < 1.29 is 22.6 Å². The second kappa shape index (κ2) is 8.70. The molecular weight excluding hydrogens is 393 g/mol. The van der Waals surface area contributed by atoms with Crippen LogP contribution in [-0.2, 0) is 0 Å². The third-order valence-electron chi connectivity index (χ3n) is 3.59. The van der Waals surface area contributed by atoms with Crippen LogP contribution >= 0.6 is 12.2 Å². The minimum atomic E-state index is -3.04. The molecule has 1 heterocycles. The number of rotatable bonds is 7. The van der Waals surface area contributed by atoms with E-state index in [1.807, 2.05) is 0 Å². The van der Waals surface area contributed by atoms with Crippen LogP contribution < -0.4 is 9.47 Å². The van der Waals surface area contributed by atoms with Gasteiger partial charge in [-0.25, -0.2) is 9.49 Å². The summed E-state index contributed by atoms with van der Waals surface area (Å²) in [6.45, 7) is -1.05. The van der Waals surface area contributed by atoms with Crippen molar-refractivity contribution in [3.63, 3.8) is 0 Å². The Morgan fingerprint density at radius 1 is 1.25 bits per heavy atom. The molecule has 3 aromatic rings. The summed E-state index contributed by atoms with van der Waals surface area (Å²) < 4.78 is 51.0. The number of nitrogens with one attached hydrogen (secondary N) is 1. The molecule has 0 fully saturated rings. The highest BCUT2D eigenvalue weighted by molar-refractivity contribution is 7.71. The molecule has 0 atom stereocenters. The van der Waals surface area contributed by atoms with Crippen LogP contribution in [0.1, 0.15) is 12.5 Å². The van der Waals surface area contributed by atoms with Crippen LogP contribution in [0.3, 0.4) is 0 Å². The van der Waals surface area contributed by atoms with Gasteiger partial charge in [-0.3, -0.25) is 0 Å². The van der Waals surface area contributed by atoms with Crippen molar-refractivity contribution in [3.05, 3.63) is 58.6 Å². The highest BCUT2D eigenvalue weighted by Crippen LogP contribution is 2.32. The number of aromatic nitrogens is 3. The van der Waals surface area contributed by atoms with E-state index in [0.29, 0.717) is 0 Å². The van der Waals surface area contributed by atoms with Crippen LogP contribution in [0.5, 0.6) is 11.5 Å². The smallest absolute Gasteiger partial charge is 0.387 e. The van der Waals surface area contributed by atoms with Crippen LogP contribution in [0.2, 0.25) is 0 Å². The molecule has 2 aromatic carbocycles. The molecule has 28 heavy (non-hydrogen) atoms. The van der Waals surface area contributed by atoms with E-state index in [2.05, 4.69) is 20.0 Å². The molecule has 0 aliphatic carbocycles. The molecular formula is C18H15F3N4O2S. The quantitative estimate of drug-likeness (QED) is 0.457. The van der Waals surface area contributed by atoms with Crippen molar-refractivity contribution >= 4 is 18.4 Å². The van der Waals surface area contributed by atoms with Crippen molar-refractivity contribution in [3.8, 4) is 22.9 Å². The predicted octanol–water partition coefficient (Wildman–Crippen LogP) is 4.63. The second-order valence-corrected chi connectivity index (χ2v) is 5.76. The molecule has 0 amide bonds. The molecule has 0 aliphatic rings. The van der Waals surface area contributed by atoms with E-state index in [1.54, 1.807) is 25.1 Å². The van der Waals surface area contributed by atoms with Gasteiger partial charge < -0.3 is 9.47 Å². The van der Waals surface area contributed by atoms with Gasteiger partial charge in [0.2, 0.25) is 4.77 Å². The summed E-state index contributed by atoms with van der Waals surface area (Å²) in [5.74, 6) is -0.382. The van der Waals surface area contributed by atoms with Crippen LogP contribution in [0.25, 0.3) is 11.4 Å². The first-order chi connectivity index (χ1) is 13.5. The monoisotopic (exact) mass is 408 g/mol. The molecule has 0 unspecified atom stereocenters. The number of hydrogen-bond donors (Lipinski definition) is 1. The minimum Gasteiger partial charge on any atom is -0.490 e. The largest absolute Gasteiger partial charge is 0.490 e. The predicted molar refractivity (Wildman–Crippen MR) is 100 cm³/mol. The molecule has 0 radical (unpaired) electrons. The van der Waals surface area contributed by atoms with E-state index < -0.39 is 12.4 Å². The van der Waals surface area contributed by atoms with E-state index >= 15 is 0 Å². The van der Waals surface area contributed by atoms with Gasteiger partial charge >= 0.3 is 6.61 Å². The van der Waals surface area contributed by atoms with Crippen molar-refractivity contribution in [1.82, 2.24) is 14.9 Å². The Bertz CT molecular complexity index is 1050. The van der Waals surface area contributed by atoms with E-state index in [4.69, 9.17) is 17.0 Å². The third-order valence-corrected chi connectivity index (χ3v) is 3.86. The van der Waals surface area contributed by atoms with Crippen molar-refractivity contribution in [2.45, 2.75) is 13.5 Å². The maximum atomic E-state index is 14.1. The number of hydrogen-bond acceptors (Lipinski definition) is 5. The Hall–Kier alpha value is -3.14. The lowest BCUT2D eigenvalue weighted by molar-refractivity contribution is -0.0515. The molecule has 10 heteroatoms. The highest BCUT2D eigenvalue weighted by atomic mass is 32.1. The highest BCUT2D eigenvalue weighted by Gasteiger charge is 2.16. The van der Waals surface area contributed by atoms with E-state index in [0.717, 1.165) is 0 Å². The minimum absolute atomic E-state index is 0.104. The van der Waals surface area contributed by atoms with Gasteiger partial charge in [-0.15, -0.1) is 0 Å². The lowest BCUT2D eigenvalue weighted by atomic mass is 10.2. The SMILES string of the molecule is CCOc1cccc(/C=N\n2c(-c3ccccc3F)n[nH]c2=S)c1OC(F)F. The summed E-state index contributed by atoms with van der Waals surface area (Å²) in [6, 6.07) is 10.6. The number of benzene rings is 2. The van der Waals surface area contributed by atoms with Crippen molar-refractivity contribution in [1.29, 1.82) is 0 Å². The fourth-order valence-corrected chi connectivity index (χ4v) is 2.63. The summed E-state index contributed by atoms with van der Waals surface area (Å²) in [4.78, 5) is 0. The Labute approximate surface area is 163 Å². The number of nitrogens with zero attached hydrogens (tertiary/aromatic N) is 3. The Balaban J connectivity index is 2.04. The number of halogens is 3. The average Bonchev–Trinajstić information content (AvgIpc) is 3.02. The molecule has 6 nitrogen and oxygen atoms in total. The summed E-state index contributed by atoms with van der Waals surface area (Å²) in [7, 11) is 0. The Kier molecular flexibility index (Phi) is 6.09. The lowest BCUT2D eigenvalue weighted by Crippen LogP contribution is -2.07. The summed E-state index contributed by atoms with van der Waals surface area (Å²) in [5.41, 5.74) is 0.410. The van der Waals surface area contributed by atoms with Gasteiger partial charge in [0.25, 0.3) is 0 Å². The van der Waals surface area contributed by atoms with Crippen molar-refractivity contribution in [2.24, 2.45) is 5.10 Å². The van der Waals surface area contributed by atoms with E-state index in [-0.39, 0.29) is 39.8 Å². The first-order valence-corrected chi connectivity index (χ1v) is 8.59. The number of para-hydroxylation sites is 1. The lowest BCUT2D eigenvalue weighted by Gasteiger charge is -2.13. The molecule has 0 saturated carbocycles. The van der Waals surface area contributed by atoms with Gasteiger partial charge in [0.15, 0.2) is 17.3 Å². The molecule has 0 saturated heterocycles. The fraction of sp³-hybridized carbons (Fsp3) is 0.167. The summed E-state index contributed by atoms with van der Waals surface area (Å²) in [5, 5.41) is 10.7. The molecule has 3 rings (SSSR count). The zero-order valence-electron chi connectivity index (χ0n) is 14.6. The first-order valence-electron chi connectivity index (χ1n) is 8.18. The molecule has 1 aromatic heterocycles. The topological polar surface area (TPSA) is 64.4 Å². The number of aromatic amines is 1. The van der Waals surface area contributed by atoms with E-state index in [9.17, 15) is 13.2 Å². The van der Waals surface area contributed by atoms with Crippen molar-refractivity contribution in [2.75, 3.05) is 6.61 Å². The second-order valence-electron chi connectivity index (χ2n) is 5.37. The zero-order valence-corrected chi connectivity index (χ0v) is 15.4. The Morgan fingerprint density at radius 3 is 2.75 bits per heavy atom. The fourth-order valence-electron chi connectivity index (χ4n) is 2.45. The Morgan fingerprint density at radius 2 is 2.04 bits per heavy atom. The van der Waals surface area contributed by atoms with Gasteiger partial charge in [-0.05, 0) is 43.4 Å². The van der Waals surface area contributed by atoms with Gasteiger partial charge in [-0.2, -0.15) is 23.7 Å². The molecule has 1 N–H and O–H groups in total.